The molecule has 0 bridgehead atoms. The molecule has 0 saturated carbocycles. The highest BCUT2D eigenvalue weighted by atomic mass is 127. The minimum Gasteiger partial charge on any atom is -0.489 e. The molecule has 1 fully saturated rings. The fourth-order valence-electron chi connectivity index (χ4n) is 3.22. The number of nitrogens with zero attached hydrogens (tertiary/aromatic N) is 1. The normalized spacial score (nSPS) is 14.5. The predicted molar refractivity (Wildman–Crippen MR) is 131 cm³/mol. The Morgan fingerprint density at radius 2 is 1.88 bits per heavy atom. The maximum atomic E-state index is 13.6. The van der Waals surface area contributed by atoms with Crippen molar-refractivity contribution in [1.82, 2.24) is 10.6 Å². The third kappa shape index (κ3) is 8.87. The van der Waals surface area contributed by atoms with E-state index in [1.54, 1.807) is 7.05 Å². The first kappa shape index (κ1) is 26.3. The number of hydrogen-bond acceptors (Lipinski definition) is 4. The Balaban J connectivity index is 0.00000363. The van der Waals surface area contributed by atoms with E-state index in [9.17, 15) is 8.78 Å². The Kier molecular flexibility index (Phi) is 11.7. The van der Waals surface area contributed by atoms with Crippen molar-refractivity contribution in [3.63, 3.8) is 0 Å². The molecule has 6 nitrogen and oxygen atoms in total. The summed E-state index contributed by atoms with van der Waals surface area (Å²) in [5.41, 5.74) is 2.24. The molecule has 0 aromatic heterocycles. The topological polar surface area (TPSA) is 64.1 Å². The molecule has 176 valence electrons. The Bertz CT molecular complexity index is 864. The van der Waals surface area contributed by atoms with E-state index in [1.165, 1.54) is 6.07 Å². The quantitative estimate of drug-likeness (QED) is 0.210. The maximum Gasteiger partial charge on any atom is 0.191 e. The highest BCUT2D eigenvalue weighted by Gasteiger charge is 2.14. The lowest BCUT2D eigenvalue weighted by Gasteiger charge is -2.22. The zero-order chi connectivity index (χ0) is 21.9. The number of benzene rings is 2. The van der Waals surface area contributed by atoms with Crippen molar-refractivity contribution >= 4 is 29.9 Å². The molecule has 0 atom stereocenters. The molecular formula is C23H30F2IN3O3. The molecule has 1 heterocycles. The molecule has 0 spiro atoms. The van der Waals surface area contributed by atoms with Gasteiger partial charge in [-0.2, -0.15) is 0 Å². The lowest BCUT2D eigenvalue weighted by Crippen LogP contribution is -2.38. The molecule has 1 aliphatic rings. The minimum atomic E-state index is -0.719. The molecule has 0 aliphatic carbocycles. The van der Waals surface area contributed by atoms with E-state index in [-0.39, 0.29) is 42.4 Å². The van der Waals surface area contributed by atoms with Crippen molar-refractivity contribution in [3.05, 3.63) is 65.2 Å². The highest BCUT2D eigenvalue weighted by molar-refractivity contribution is 14.0. The third-order valence-electron chi connectivity index (χ3n) is 4.87. The van der Waals surface area contributed by atoms with Crippen molar-refractivity contribution in [2.45, 2.75) is 32.1 Å². The van der Waals surface area contributed by atoms with E-state index >= 15 is 0 Å². The van der Waals surface area contributed by atoms with Gasteiger partial charge in [-0.3, -0.25) is 4.99 Å². The van der Waals surface area contributed by atoms with Crippen molar-refractivity contribution < 1.29 is 23.0 Å². The average molecular weight is 561 g/mol. The summed E-state index contributed by atoms with van der Waals surface area (Å²) in [4.78, 5) is 4.18. The van der Waals surface area contributed by atoms with E-state index in [0.29, 0.717) is 25.7 Å². The van der Waals surface area contributed by atoms with Crippen molar-refractivity contribution in [2.24, 2.45) is 4.99 Å². The third-order valence-corrected chi connectivity index (χ3v) is 4.87. The number of aliphatic imine (C=N–C) groups is 1. The minimum absolute atomic E-state index is 0. The van der Waals surface area contributed by atoms with Crippen LogP contribution in [0.3, 0.4) is 0 Å². The Morgan fingerprint density at radius 1 is 1.09 bits per heavy atom. The summed E-state index contributed by atoms with van der Waals surface area (Å²) >= 11 is 0. The van der Waals surface area contributed by atoms with Crippen LogP contribution >= 0.6 is 24.0 Å². The molecule has 9 heteroatoms. The van der Waals surface area contributed by atoms with Gasteiger partial charge in [0.05, 0.1) is 19.3 Å². The number of rotatable bonds is 9. The van der Waals surface area contributed by atoms with Crippen molar-refractivity contribution in [1.29, 1.82) is 0 Å². The molecule has 1 saturated heterocycles. The van der Waals surface area contributed by atoms with E-state index in [4.69, 9.17) is 14.2 Å². The van der Waals surface area contributed by atoms with Crippen LogP contribution in [0.4, 0.5) is 8.78 Å². The molecule has 2 N–H and O–H groups in total. The lowest BCUT2D eigenvalue weighted by atomic mass is 10.1. The Hall–Kier alpha value is -1.98. The Morgan fingerprint density at radius 3 is 2.62 bits per heavy atom. The number of halogens is 3. The first-order valence-electron chi connectivity index (χ1n) is 10.4. The fourth-order valence-corrected chi connectivity index (χ4v) is 3.22. The second kappa shape index (κ2) is 14.2. The van der Waals surface area contributed by atoms with Gasteiger partial charge in [-0.15, -0.1) is 24.0 Å². The lowest BCUT2D eigenvalue weighted by molar-refractivity contribution is -0.0390. The van der Waals surface area contributed by atoms with Gasteiger partial charge in [0.25, 0.3) is 0 Å². The van der Waals surface area contributed by atoms with E-state index in [1.807, 2.05) is 12.1 Å². The molecule has 0 radical (unpaired) electrons. The van der Waals surface area contributed by atoms with Crippen LogP contribution in [-0.2, 0) is 22.6 Å². The van der Waals surface area contributed by atoms with Crippen LogP contribution in [0.15, 0.2) is 47.5 Å². The smallest absolute Gasteiger partial charge is 0.191 e. The molecule has 32 heavy (non-hydrogen) atoms. The molecule has 1 aliphatic heterocycles. The maximum absolute atomic E-state index is 13.6. The largest absolute Gasteiger partial charge is 0.489 e. The molecular weight excluding hydrogens is 531 g/mol. The zero-order valence-corrected chi connectivity index (χ0v) is 20.4. The van der Waals surface area contributed by atoms with Crippen LogP contribution in [0.5, 0.6) is 5.75 Å². The molecule has 2 aromatic rings. The van der Waals surface area contributed by atoms with Crippen LogP contribution in [0, 0.1) is 11.6 Å². The SMILES string of the molecule is CN=C(NCCOc1ccc(F)cc1F)NCc1cccc(COC2CCOCC2)c1.I. The van der Waals surface area contributed by atoms with Crippen LogP contribution in [0.1, 0.15) is 24.0 Å². The van der Waals surface area contributed by atoms with Crippen LogP contribution < -0.4 is 15.4 Å². The second-order valence-corrected chi connectivity index (χ2v) is 7.22. The van der Waals surface area contributed by atoms with E-state index < -0.39 is 11.6 Å². The van der Waals surface area contributed by atoms with Gasteiger partial charge in [0.15, 0.2) is 17.5 Å². The summed E-state index contributed by atoms with van der Waals surface area (Å²) in [5.74, 6) is -0.729. The van der Waals surface area contributed by atoms with Gasteiger partial charge in [0, 0.05) is 32.9 Å². The molecule has 3 rings (SSSR count). The summed E-state index contributed by atoms with van der Waals surface area (Å²) in [6, 6.07) is 11.5. The summed E-state index contributed by atoms with van der Waals surface area (Å²) in [7, 11) is 1.67. The number of hydrogen-bond donors (Lipinski definition) is 2. The average Bonchev–Trinajstić information content (AvgIpc) is 2.79. The standard InChI is InChI=1S/C23H29F2N3O3.HI/c1-26-23(27-9-12-30-22-6-5-19(24)14-21(22)25)28-15-17-3-2-4-18(13-17)16-31-20-7-10-29-11-8-20;/h2-6,13-14,20H,7-12,15-16H2,1H3,(H2,26,27,28);1H. The number of guanidine groups is 1. The summed E-state index contributed by atoms with van der Waals surface area (Å²) < 4.78 is 43.2. The van der Waals surface area contributed by atoms with E-state index in [0.717, 1.165) is 49.3 Å². The van der Waals surface area contributed by atoms with Crippen molar-refractivity contribution in [3.8, 4) is 5.75 Å². The molecule has 2 aromatic carbocycles. The first-order valence-corrected chi connectivity index (χ1v) is 10.4. The number of ether oxygens (including phenoxy) is 3. The van der Waals surface area contributed by atoms with Gasteiger partial charge in [-0.1, -0.05) is 24.3 Å². The second-order valence-electron chi connectivity index (χ2n) is 7.22. The van der Waals surface area contributed by atoms with Crippen LogP contribution in [-0.4, -0.2) is 45.5 Å². The van der Waals surface area contributed by atoms with Crippen LogP contribution in [0.25, 0.3) is 0 Å². The fraction of sp³-hybridized carbons (Fsp3) is 0.435. The zero-order valence-electron chi connectivity index (χ0n) is 18.1. The number of nitrogens with one attached hydrogen (secondary N) is 2. The Labute approximate surface area is 204 Å². The monoisotopic (exact) mass is 561 g/mol. The van der Waals surface area contributed by atoms with E-state index in [2.05, 4.69) is 27.8 Å². The van der Waals surface area contributed by atoms with Gasteiger partial charge in [-0.25, -0.2) is 8.78 Å². The molecule has 0 amide bonds. The highest BCUT2D eigenvalue weighted by Crippen LogP contribution is 2.17. The first-order chi connectivity index (χ1) is 15.1. The van der Waals surface area contributed by atoms with Crippen molar-refractivity contribution in [2.75, 3.05) is 33.4 Å². The van der Waals surface area contributed by atoms with Crippen LogP contribution in [0.2, 0.25) is 0 Å². The predicted octanol–water partition coefficient (Wildman–Crippen LogP) is 4.02. The molecule has 0 unspecified atom stereocenters. The van der Waals surface area contributed by atoms with Gasteiger partial charge in [-0.05, 0) is 36.1 Å². The van der Waals surface area contributed by atoms with Gasteiger partial charge < -0.3 is 24.8 Å². The summed E-state index contributed by atoms with van der Waals surface area (Å²) in [5, 5.41) is 6.34. The summed E-state index contributed by atoms with van der Waals surface area (Å²) in [6.45, 7) is 3.34. The van der Waals surface area contributed by atoms with Gasteiger partial charge in [0.2, 0.25) is 0 Å². The van der Waals surface area contributed by atoms with Gasteiger partial charge in [0.1, 0.15) is 12.4 Å². The summed E-state index contributed by atoms with van der Waals surface area (Å²) in [6.07, 6.45) is 2.16. The van der Waals surface area contributed by atoms with Gasteiger partial charge >= 0.3 is 0 Å².